The van der Waals surface area contributed by atoms with Crippen molar-refractivity contribution in [1.82, 2.24) is 0 Å². The average molecular weight is 326 g/mol. The number of carbonyl (C=O) groups excluding carboxylic acids is 1. The van der Waals surface area contributed by atoms with Gasteiger partial charge in [0.2, 0.25) is 0 Å². The van der Waals surface area contributed by atoms with Gasteiger partial charge in [0.05, 0.1) is 0 Å². The van der Waals surface area contributed by atoms with Gasteiger partial charge in [0.1, 0.15) is 11.7 Å². The lowest BCUT2D eigenvalue weighted by Gasteiger charge is -2.57. The first kappa shape index (κ1) is 15.1. The zero-order valence-corrected chi connectivity index (χ0v) is 11.9. The number of esters is 1. The third-order valence-electron chi connectivity index (χ3n) is 4.98. The van der Waals surface area contributed by atoms with Crippen molar-refractivity contribution in [1.29, 1.82) is 0 Å². The van der Waals surface area contributed by atoms with Gasteiger partial charge in [-0.25, -0.2) is 4.79 Å². The molecule has 9 heteroatoms. The summed E-state index contributed by atoms with van der Waals surface area (Å²) < 4.78 is 60.7. The molecule has 6 nitrogen and oxygen atoms in total. The maximum atomic E-state index is 13.3. The van der Waals surface area contributed by atoms with Crippen LogP contribution in [-0.4, -0.2) is 41.0 Å². The number of hydrogen-bond donors (Lipinski definition) is 2. The average Bonchev–Trinajstić information content (AvgIpc) is 2.30. The van der Waals surface area contributed by atoms with E-state index in [4.69, 9.17) is 4.55 Å². The zero-order chi connectivity index (χ0) is 15.6. The van der Waals surface area contributed by atoms with Gasteiger partial charge in [0, 0.05) is 0 Å². The molecule has 4 fully saturated rings. The van der Waals surface area contributed by atoms with E-state index >= 15 is 0 Å². The first-order chi connectivity index (χ1) is 9.53. The highest BCUT2D eigenvalue weighted by Gasteiger charge is 2.61. The van der Waals surface area contributed by atoms with Crippen molar-refractivity contribution in [3.8, 4) is 0 Å². The molecular formula is C12H16F2O6S. The fourth-order valence-electron chi connectivity index (χ4n) is 4.45. The van der Waals surface area contributed by atoms with Gasteiger partial charge in [-0.15, -0.1) is 0 Å². The van der Waals surface area contributed by atoms with Gasteiger partial charge < -0.3 is 9.84 Å². The van der Waals surface area contributed by atoms with Gasteiger partial charge in [-0.1, -0.05) is 0 Å². The molecule has 0 aromatic carbocycles. The van der Waals surface area contributed by atoms with Crippen molar-refractivity contribution >= 4 is 16.1 Å². The Hall–Kier alpha value is -0.800. The predicted octanol–water partition coefficient (Wildman–Crippen LogP) is 0.950. The van der Waals surface area contributed by atoms with Crippen LogP contribution in [0.1, 0.15) is 32.1 Å². The second kappa shape index (κ2) is 4.36. The lowest BCUT2D eigenvalue weighted by Crippen LogP contribution is -2.62. The number of carbonyl (C=O) groups is 1. The molecule has 0 aliphatic heterocycles. The van der Waals surface area contributed by atoms with Crippen LogP contribution in [0.2, 0.25) is 0 Å². The Morgan fingerprint density at radius 3 is 2.14 bits per heavy atom. The Morgan fingerprint density at radius 2 is 1.71 bits per heavy atom. The van der Waals surface area contributed by atoms with Crippen LogP contribution in [-0.2, 0) is 19.6 Å². The highest BCUT2D eigenvalue weighted by molar-refractivity contribution is 7.87. The van der Waals surface area contributed by atoms with Gasteiger partial charge in [0.15, 0.2) is 0 Å². The smallest absolute Gasteiger partial charge is 0.454 e. The Morgan fingerprint density at radius 1 is 1.19 bits per heavy atom. The Labute approximate surface area is 120 Å². The molecule has 0 spiro atoms. The summed E-state index contributed by atoms with van der Waals surface area (Å²) in [6.07, 6.45) is 1.94. The van der Waals surface area contributed by atoms with Crippen molar-refractivity contribution in [2.45, 2.75) is 49.1 Å². The maximum absolute atomic E-state index is 13.3. The van der Waals surface area contributed by atoms with E-state index < -0.39 is 33.0 Å². The molecule has 0 aromatic rings. The number of alkyl halides is 2. The molecule has 4 aliphatic carbocycles. The largest absolute Gasteiger partial charge is 0.465 e. The summed E-state index contributed by atoms with van der Waals surface area (Å²) in [6.45, 7) is 0. The Balaban J connectivity index is 1.81. The van der Waals surface area contributed by atoms with E-state index in [0.717, 1.165) is 6.42 Å². The summed E-state index contributed by atoms with van der Waals surface area (Å²) in [6, 6.07) is 0. The molecule has 4 rings (SSSR count). The zero-order valence-electron chi connectivity index (χ0n) is 11.0. The van der Waals surface area contributed by atoms with E-state index in [1.54, 1.807) is 0 Å². The first-order valence-corrected chi connectivity index (χ1v) is 8.25. The van der Waals surface area contributed by atoms with Gasteiger partial charge in [0.25, 0.3) is 0 Å². The van der Waals surface area contributed by atoms with Crippen molar-refractivity contribution in [2.24, 2.45) is 17.8 Å². The van der Waals surface area contributed by atoms with Crippen LogP contribution in [0.5, 0.6) is 0 Å². The molecule has 0 aromatic heterocycles. The van der Waals surface area contributed by atoms with Crippen molar-refractivity contribution < 1.29 is 36.4 Å². The van der Waals surface area contributed by atoms with Gasteiger partial charge in [-0.05, 0) is 49.9 Å². The van der Waals surface area contributed by atoms with Crippen LogP contribution < -0.4 is 0 Å². The number of rotatable bonds is 3. The monoisotopic (exact) mass is 326 g/mol. The molecule has 3 atom stereocenters. The summed E-state index contributed by atoms with van der Waals surface area (Å²) >= 11 is 0. The van der Waals surface area contributed by atoms with Crippen LogP contribution in [0.15, 0.2) is 0 Å². The molecule has 21 heavy (non-hydrogen) atoms. The molecule has 120 valence electrons. The molecule has 4 saturated carbocycles. The molecular weight excluding hydrogens is 310 g/mol. The van der Waals surface area contributed by atoms with Gasteiger partial charge in [-0.3, -0.25) is 4.55 Å². The fraction of sp³-hybridized carbons (Fsp3) is 0.917. The summed E-state index contributed by atoms with van der Waals surface area (Å²) in [5.41, 5.74) is -1.36. The minimum Gasteiger partial charge on any atom is -0.454 e. The minimum atomic E-state index is -5.89. The van der Waals surface area contributed by atoms with E-state index in [0.29, 0.717) is 37.5 Å². The molecule has 0 saturated heterocycles. The molecule has 3 unspecified atom stereocenters. The maximum Gasteiger partial charge on any atom is 0.465 e. The normalized spacial score (nSPS) is 42.1. The van der Waals surface area contributed by atoms with E-state index in [1.807, 2.05) is 0 Å². The standard InChI is InChI=1S/C12H16F2O6S/c13-12(14,21(17,18)19)10(15)20-9-8-2-6-1-7(3-8)5-11(9,16)4-6/h6-9,16H,1-5H2,(H,17,18,19). The van der Waals surface area contributed by atoms with Crippen molar-refractivity contribution in [3.05, 3.63) is 0 Å². The van der Waals surface area contributed by atoms with Crippen molar-refractivity contribution in [3.63, 3.8) is 0 Å². The highest BCUT2D eigenvalue weighted by Crippen LogP contribution is 2.56. The van der Waals surface area contributed by atoms with Crippen LogP contribution in [0.4, 0.5) is 8.78 Å². The van der Waals surface area contributed by atoms with Crippen LogP contribution in [0, 0.1) is 17.8 Å². The van der Waals surface area contributed by atoms with E-state index in [2.05, 4.69) is 4.74 Å². The van der Waals surface area contributed by atoms with E-state index in [1.165, 1.54) is 0 Å². The lowest BCUT2D eigenvalue weighted by molar-refractivity contribution is -0.230. The third-order valence-corrected chi connectivity index (χ3v) is 5.79. The summed E-state index contributed by atoms with van der Waals surface area (Å²) in [5, 5.41) is 5.53. The summed E-state index contributed by atoms with van der Waals surface area (Å²) in [5.74, 6) is -1.97. The molecule has 4 bridgehead atoms. The SMILES string of the molecule is O=C(OC1C2CC3CC(C2)CC1(O)C3)C(F)(F)S(=O)(=O)O. The molecule has 0 radical (unpaired) electrons. The van der Waals surface area contributed by atoms with Gasteiger partial charge >= 0.3 is 21.3 Å². The number of ether oxygens (including phenoxy) is 1. The number of halogens is 2. The first-order valence-electron chi connectivity index (χ1n) is 6.81. The molecule has 4 aliphatic rings. The second-order valence-corrected chi connectivity index (χ2v) is 7.99. The molecule has 0 heterocycles. The predicted molar refractivity (Wildman–Crippen MR) is 64.9 cm³/mol. The fourth-order valence-corrected chi connectivity index (χ4v) is 4.70. The van der Waals surface area contributed by atoms with Crippen LogP contribution >= 0.6 is 0 Å². The topological polar surface area (TPSA) is 101 Å². The lowest BCUT2D eigenvalue weighted by atomic mass is 9.53. The molecule has 0 amide bonds. The van der Waals surface area contributed by atoms with Crippen LogP contribution in [0.25, 0.3) is 0 Å². The summed E-state index contributed by atoms with van der Waals surface area (Å²) in [7, 11) is -5.89. The van der Waals surface area contributed by atoms with Crippen LogP contribution in [0.3, 0.4) is 0 Å². The highest BCUT2D eigenvalue weighted by atomic mass is 32.2. The Kier molecular flexibility index (Phi) is 3.14. The number of hydrogen-bond acceptors (Lipinski definition) is 5. The second-order valence-electron chi connectivity index (χ2n) is 6.53. The third kappa shape index (κ3) is 2.25. The van der Waals surface area contributed by atoms with E-state index in [9.17, 15) is 27.1 Å². The van der Waals surface area contributed by atoms with Crippen molar-refractivity contribution in [2.75, 3.05) is 0 Å². The minimum absolute atomic E-state index is 0.234. The summed E-state index contributed by atoms with van der Waals surface area (Å²) in [4.78, 5) is 11.4. The molecule has 2 N–H and O–H groups in total. The quantitative estimate of drug-likeness (QED) is 0.591. The number of aliphatic hydroxyl groups is 1. The van der Waals surface area contributed by atoms with Gasteiger partial charge in [-0.2, -0.15) is 17.2 Å². The van der Waals surface area contributed by atoms with E-state index in [-0.39, 0.29) is 5.92 Å². The Bertz CT molecular complexity index is 560.